The van der Waals surface area contributed by atoms with Crippen molar-refractivity contribution in [2.24, 2.45) is 5.92 Å². The first-order chi connectivity index (χ1) is 13.8. The number of rotatable bonds is 6. The Hall–Kier alpha value is -2.20. The first kappa shape index (κ1) is 24.8. The third-order valence-electron chi connectivity index (χ3n) is 4.83. The van der Waals surface area contributed by atoms with E-state index < -0.39 is 11.9 Å². The number of nitrogens with one attached hydrogen (secondary N) is 2. The van der Waals surface area contributed by atoms with Gasteiger partial charge < -0.3 is 30.2 Å². The number of hydrogen-bond acceptors (Lipinski definition) is 8. The highest BCUT2D eigenvalue weighted by Crippen LogP contribution is 2.27. The number of anilines is 1. The van der Waals surface area contributed by atoms with Crippen LogP contribution in [0, 0.1) is 5.92 Å². The maximum Gasteiger partial charge on any atom is 0.315 e. The Morgan fingerprint density at radius 3 is 2.14 bits per heavy atom. The Morgan fingerprint density at radius 2 is 1.62 bits per heavy atom. The molecule has 1 saturated heterocycles. The average molecular weight is 414 g/mol. The van der Waals surface area contributed by atoms with E-state index in [1.807, 2.05) is 7.05 Å². The average Bonchev–Trinajstić information content (AvgIpc) is 3.32. The van der Waals surface area contributed by atoms with Crippen molar-refractivity contribution in [2.45, 2.75) is 65.0 Å². The van der Waals surface area contributed by atoms with Crippen molar-refractivity contribution >= 4 is 18.0 Å². The number of aromatic nitrogens is 2. The van der Waals surface area contributed by atoms with Gasteiger partial charge in [0, 0.05) is 26.4 Å². The van der Waals surface area contributed by atoms with E-state index in [1.54, 1.807) is 0 Å². The number of hydrogen-bond donors (Lipinski definition) is 4. The SMILES string of the molecule is CC(=O)O.CC(=O)O.CNCc1nnc(NCC2CCN(C3CCCC3)CC2)o1. The summed E-state index contributed by atoms with van der Waals surface area (Å²) in [6.07, 6.45) is 8.25. The molecule has 0 aromatic carbocycles. The molecule has 4 N–H and O–H groups in total. The minimum absolute atomic E-state index is 0.554. The van der Waals surface area contributed by atoms with Crippen LogP contribution in [0.25, 0.3) is 0 Å². The summed E-state index contributed by atoms with van der Waals surface area (Å²) in [5.41, 5.74) is 0. The second kappa shape index (κ2) is 13.9. The highest BCUT2D eigenvalue weighted by Gasteiger charge is 2.27. The lowest BCUT2D eigenvalue weighted by Crippen LogP contribution is -2.41. The van der Waals surface area contributed by atoms with Gasteiger partial charge in [-0.1, -0.05) is 17.9 Å². The van der Waals surface area contributed by atoms with Gasteiger partial charge in [-0.15, -0.1) is 5.10 Å². The van der Waals surface area contributed by atoms with Gasteiger partial charge in [0.1, 0.15) is 0 Å². The van der Waals surface area contributed by atoms with Crippen LogP contribution in [0.2, 0.25) is 0 Å². The van der Waals surface area contributed by atoms with Crippen molar-refractivity contribution in [1.29, 1.82) is 0 Å². The normalized spacial score (nSPS) is 17.6. The van der Waals surface area contributed by atoms with Crippen LogP contribution in [0.3, 0.4) is 0 Å². The van der Waals surface area contributed by atoms with Crippen molar-refractivity contribution < 1.29 is 24.2 Å². The van der Waals surface area contributed by atoms with Crippen molar-refractivity contribution in [2.75, 3.05) is 32.0 Å². The summed E-state index contributed by atoms with van der Waals surface area (Å²) in [4.78, 5) is 20.7. The van der Waals surface area contributed by atoms with Crippen LogP contribution in [0.4, 0.5) is 6.01 Å². The van der Waals surface area contributed by atoms with Crippen molar-refractivity contribution in [1.82, 2.24) is 20.4 Å². The first-order valence-corrected chi connectivity index (χ1v) is 10.2. The van der Waals surface area contributed by atoms with Crippen LogP contribution in [0.15, 0.2) is 4.42 Å². The van der Waals surface area contributed by atoms with E-state index in [2.05, 4.69) is 25.7 Å². The second-order valence-electron chi connectivity index (χ2n) is 7.37. The van der Waals surface area contributed by atoms with Crippen molar-refractivity contribution in [3.63, 3.8) is 0 Å². The molecule has 3 rings (SSSR count). The topological polar surface area (TPSA) is 141 Å². The van der Waals surface area contributed by atoms with Crippen molar-refractivity contribution in [3.05, 3.63) is 5.89 Å². The summed E-state index contributed by atoms with van der Waals surface area (Å²) in [6.45, 7) is 6.24. The summed E-state index contributed by atoms with van der Waals surface area (Å²) < 4.78 is 5.51. The third-order valence-corrected chi connectivity index (χ3v) is 4.83. The van der Waals surface area contributed by atoms with E-state index in [0.717, 1.165) is 32.4 Å². The highest BCUT2D eigenvalue weighted by molar-refractivity contribution is 5.63. The number of nitrogens with zero attached hydrogens (tertiary/aromatic N) is 3. The number of carboxylic acid groups (broad SMARTS) is 2. The quantitative estimate of drug-likeness (QED) is 0.547. The molecular weight excluding hydrogens is 378 g/mol. The molecule has 1 aliphatic carbocycles. The highest BCUT2D eigenvalue weighted by atomic mass is 16.4. The predicted octanol–water partition coefficient (Wildman–Crippen LogP) is 2.04. The Balaban J connectivity index is 0.000000452. The Kier molecular flexibility index (Phi) is 11.9. The van der Waals surface area contributed by atoms with Gasteiger partial charge in [0.05, 0.1) is 6.54 Å². The largest absolute Gasteiger partial charge is 0.481 e. The molecular formula is C19H35N5O5. The molecule has 1 aromatic heterocycles. The number of carboxylic acids is 2. The van der Waals surface area contributed by atoms with E-state index in [-0.39, 0.29) is 0 Å². The van der Waals surface area contributed by atoms with Crippen LogP contribution >= 0.6 is 0 Å². The molecule has 1 aliphatic heterocycles. The Bertz CT molecular complexity index is 576. The number of aliphatic carboxylic acids is 2. The Labute approximate surface area is 172 Å². The minimum atomic E-state index is -0.833. The zero-order valence-electron chi connectivity index (χ0n) is 17.7. The van der Waals surface area contributed by atoms with Gasteiger partial charge in [-0.05, 0) is 51.7 Å². The summed E-state index contributed by atoms with van der Waals surface area (Å²) in [5, 5.41) is 29.1. The molecule has 10 heteroatoms. The summed E-state index contributed by atoms with van der Waals surface area (Å²) >= 11 is 0. The maximum atomic E-state index is 9.00. The molecule has 2 aliphatic rings. The van der Waals surface area contributed by atoms with E-state index in [9.17, 15) is 0 Å². The summed E-state index contributed by atoms with van der Waals surface area (Å²) in [5.74, 6) is -0.307. The molecule has 0 radical (unpaired) electrons. The van der Waals surface area contributed by atoms with Gasteiger partial charge in [-0.3, -0.25) is 9.59 Å². The van der Waals surface area contributed by atoms with E-state index >= 15 is 0 Å². The number of carbonyl (C=O) groups is 2. The van der Waals surface area contributed by atoms with Gasteiger partial charge in [-0.2, -0.15) is 0 Å². The molecule has 0 spiro atoms. The lowest BCUT2D eigenvalue weighted by atomic mass is 9.95. The van der Waals surface area contributed by atoms with Crippen LogP contribution in [-0.2, 0) is 16.1 Å². The lowest BCUT2D eigenvalue weighted by Gasteiger charge is -2.35. The van der Waals surface area contributed by atoms with E-state index in [4.69, 9.17) is 24.2 Å². The molecule has 1 aromatic rings. The molecule has 29 heavy (non-hydrogen) atoms. The summed E-state index contributed by atoms with van der Waals surface area (Å²) in [7, 11) is 1.87. The smallest absolute Gasteiger partial charge is 0.315 e. The third kappa shape index (κ3) is 11.4. The molecule has 0 atom stereocenters. The molecule has 0 bridgehead atoms. The van der Waals surface area contributed by atoms with Gasteiger partial charge in [0.25, 0.3) is 11.9 Å². The molecule has 2 fully saturated rings. The zero-order chi connectivity index (χ0) is 21.6. The first-order valence-electron chi connectivity index (χ1n) is 10.2. The fourth-order valence-corrected chi connectivity index (χ4v) is 3.57. The molecule has 2 heterocycles. The van der Waals surface area contributed by atoms with Crippen molar-refractivity contribution in [3.8, 4) is 0 Å². The van der Waals surface area contributed by atoms with Crippen LogP contribution < -0.4 is 10.6 Å². The Morgan fingerprint density at radius 1 is 1.07 bits per heavy atom. The number of piperidine rings is 1. The van der Waals surface area contributed by atoms with Gasteiger partial charge in [0.2, 0.25) is 5.89 Å². The summed E-state index contributed by atoms with van der Waals surface area (Å²) in [6, 6.07) is 1.43. The lowest BCUT2D eigenvalue weighted by molar-refractivity contribution is -0.135. The molecule has 166 valence electrons. The maximum absolute atomic E-state index is 9.00. The predicted molar refractivity (Wildman–Crippen MR) is 109 cm³/mol. The minimum Gasteiger partial charge on any atom is -0.481 e. The fourth-order valence-electron chi connectivity index (χ4n) is 3.57. The van der Waals surface area contributed by atoms with E-state index in [1.165, 1.54) is 51.6 Å². The molecule has 0 amide bonds. The van der Waals surface area contributed by atoms with Gasteiger partial charge in [0.15, 0.2) is 0 Å². The molecule has 10 nitrogen and oxygen atoms in total. The van der Waals surface area contributed by atoms with E-state index in [0.29, 0.717) is 18.5 Å². The second-order valence-corrected chi connectivity index (χ2v) is 7.37. The van der Waals surface area contributed by atoms with Crippen LogP contribution in [0.1, 0.15) is 58.3 Å². The van der Waals surface area contributed by atoms with Gasteiger partial charge in [-0.25, -0.2) is 0 Å². The molecule has 0 unspecified atom stereocenters. The molecule has 1 saturated carbocycles. The fraction of sp³-hybridized carbons (Fsp3) is 0.789. The van der Waals surface area contributed by atoms with Crippen LogP contribution in [0.5, 0.6) is 0 Å². The van der Waals surface area contributed by atoms with Crippen LogP contribution in [-0.4, -0.2) is 70.0 Å². The number of likely N-dealkylation sites (tertiary alicyclic amines) is 1. The zero-order valence-corrected chi connectivity index (χ0v) is 17.7. The van der Waals surface area contributed by atoms with Gasteiger partial charge >= 0.3 is 6.01 Å². The standard InChI is InChI=1S/C15H27N5O.2C2H4O2/c1-16-11-14-18-19-15(21-14)17-10-12-6-8-20(9-7-12)13-4-2-3-5-13;2*1-2(3)4/h12-13,16H,2-11H2,1H3,(H,17,19);2*1H3,(H,3,4). The monoisotopic (exact) mass is 413 g/mol.